The predicted octanol–water partition coefficient (Wildman–Crippen LogP) is 3.66. The molecule has 0 aromatic rings. The quantitative estimate of drug-likeness (QED) is 0.366. The van der Waals surface area contributed by atoms with Gasteiger partial charge in [0.2, 0.25) is 12.6 Å². The second kappa shape index (κ2) is 9.75. The van der Waals surface area contributed by atoms with Gasteiger partial charge >= 0.3 is 19.9 Å². The molecular weight excluding hydrogens is 331 g/mol. The molecule has 0 aliphatic rings. The van der Waals surface area contributed by atoms with Crippen molar-refractivity contribution < 1.29 is 42.1 Å². The molecule has 2 unspecified atom stereocenters. The van der Waals surface area contributed by atoms with E-state index in [0.717, 1.165) is 6.66 Å². The molecular formula is C13H25O9P. The van der Waals surface area contributed by atoms with E-state index >= 15 is 0 Å². The molecule has 0 aliphatic carbocycles. The van der Waals surface area contributed by atoms with E-state index < -0.39 is 32.5 Å². The molecule has 0 saturated heterocycles. The maximum absolute atomic E-state index is 12.1. The first-order valence-corrected chi connectivity index (χ1v) is 9.09. The first kappa shape index (κ1) is 21.7. The molecule has 0 rings (SSSR count). The van der Waals surface area contributed by atoms with Crippen molar-refractivity contribution in [1.29, 1.82) is 0 Å². The molecule has 0 bridgehead atoms. The molecule has 10 heteroatoms. The van der Waals surface area contributed by atoms with Crippen molar-refractivity contribution >= 4 is 19.9 Å². The minimum absolute atomic E-state index is 0.361. The lowest BCUT2D eigenvalue weighted by Gasteiger charge is -2.22. The van der Waals surface area contributed by atoms with Gasteiger partial charge < -0.3 is 18.9 Å². The van der Waals surface area contributed by atoms with Crippen molar-refractivity contribution in [2.45, 2.75) is 66.3 Å². The van der Waals surface area contributed by atoms with Gasteiger partial charge in [-0.3, -0.25) is 13.6 Å². The highest BCUT2D eigenvalue weighted by Crippen LogP contribution is 2.46. The van der Waals surface area contributed by atoms with Crippen LogP contribution in [0.25, 0.3) is 0 Å². The molecule has 0 fully saturated rings. The number of carbonyl (C=O) groups is 2. The standard InChI is InChI=1S/C13H25O9P/c1-8(2)17-12(14)19-10(5)21-23(7,16)22-11(6)20-13(15)18-9(3)4/h8-11H,1-7H3. The van der Waals surface area contributed by atoms with Crippen LogP contribution in [0.1, 0.15) is 41.5 Å². The average molecular weight is 356 g/mol. The third kappa shape index (κ3) is 11.9. The summed E-state index contributed by atoms with van der Waals surface area (Å²) in [5, 5.41) is 0. The lowest BCUT2D eigenvalue weighted by molar-refractivity contribution is -0.0897. The van der Waals surface area contributed by atoms with Gasteiger partial charge in [-0.05, 0) is 41.5 Å². The minimum Gasteiger partial charge on any atom is -0.432 e. The van der Waals surface area contributed by atoms with Crippen molar-refractivity contribution in [2.75, 3.05) is 6.66 Å². The Labute approximate surface area is 136 Å². The van der Waals surface area contributed by atoms with Crippen molar-refractivity contribution in [1.82, 2.24) is 0 Å². The largest absolute Gasteiger partial charge is 0.510 e. The molecule has 0 N–H and O–H groups in total. The van der Waals surface area contributed by atoms with Crippen LogP contribution < -0.4 is 0 Å². The van der Waals surface area contributed by atoms with E-state index in [9.17, 15) is 14.2 Å². The monoisotopic (exact) mass is 356 g/mol. The predicted molar refractivity (Wildman–Crippen MR) is 80.0 cm³/mol. The molecule has 0 aromatic heterocycles. The number of carbonyl (C=O) groups excluding carboxylic acids is 2. The first-order valence-electron chi connectivity index (χ1n) is 7.10. The number of hydrogen-bond acceptors (Lipinski definition) is 9. The highest BCUT2D eigenvalue weighted by molar-refractivity contribution is 7.53. The topological polar surface area (TPSA) is 107 Å². The van der Waals surface area contributed by atoms with E-state index in [4.69, 9.17) is 28.0 Å². The molecule has 9 nitrogen and oxygen atoms in total. The van der Waals surface area contributed by atoms with E-state index in [1.54, 1.807) is 27.7 Å². The summed E-state index contributed by atoms with van der Waals surface area (Å²) in [6, 6.07) is 0. The number of rotatable bonds is 8. The van der Waals surface area contributed by atoms with Crippen LogP contribution in [0.15, 0.2) is 0 Å². The summed E-state index contributed by atoms with van der Waals surface area (Å²) in [6.45, 7) is 10.4. The molecule has 136 valence electrons. The fraction of sp³-hybridized carbons (Fsp3) is 0.846. The summed E-state index contributed by atoms with van der Waals surface area (Å²) in [6.07, 6.45) is -4.99. The molecule has 0 saturated carbocycles. The Hall–Kier alpha value is -1.31. The Morgan fingerprint density at radius 1 is 0.696 bits per heavy atom. The average Bonchev–Trinajstić information content (AvgIpc) is 2.22. The summed E-state index contributed by atoms with van der Waals surface area (Å²) in [5.41, 5.74) is 0. The van der Waals surface area contributed by atoms with Crippen LogP contribution in [0.5, 0.6) is 0 Å². The zero-order chi connectivity index (χ0) is 18.2. The highest BCUT2D eigenvalue weighted by atomic mass is 31.2. The van der Waals surface area contributed by atoms with Crippen LogP contribution in [-0.4, -0.2) is 43.8 Å². The lowest BCUT2D eigenvalue weighted by Crippen LogP contribution is -2.23. The molecule has 2 atom stereocenters. The third-order valence-electron chi connectivity index (χ3n) is 1.87. The van der Waals surface area contributed by atoms with Gasteiger partial charge in [-0.1, -0.05) is 0 Å². The van der Waals surface area contributed by atoms with Gasteiger partial charge in [0.25, 0.3) is 0 Å². The van der Waals surface area contributed by atoms with Gasteiger partial charge in [-0.2, -0.15) is 0 Å². The third-order valence-corrected chi connectivity index (χ3v) is 3.23. The molecule has 0 spiro atoms. The van der Waals surface area contributed by atoms with Crippen LogP contribution >= 0.6 is 7.60 Å². The van der Waals surface area contributed by atoms with Crippen LogP contribution in [0.2, 0.25) is 0 Å². The van der Waals surface area contributed by atoms with Gasteiger partial charge in [0.15, 0.2) is 0 Å². The molecule has 0 aromatic carbocycles. The maximum Gasteiger partial charge on any atom is 0.510 e. The van der Waals surface area contributed by atoms with Crippen molar-refractivity contribution in [3.8, 4) is 0 Å². The van der Waals surface area contributed by atoms with Crippen LogP contribution in [0, 0.1) is 0 Å². The zero-order valence-corrected chi connectivity index (χ0v) is 15.3. The van der Waals surface area contributed by atoms with Gasteiger partial charge in [-0.15, -0.1) is 0 Å². The lowest BCUT2D eigenvalue weighted by atomic mass is 10.5. The Balaban J connectivity index is 4.33. The molecule has 0 radical (unpaired) electrons. The molecule has 0 heterocycles. The zero-order valence-electron chi connectivity index (χ0n) is 14.4. The summed E-state index contributed by atoms with van der Waals surface area (Å²) in [4.78, 5) is 22.6. The van der Waals surface area contributed by atoms with Gasteiger partial charge in [-0.25, -0.2) is 9.59 Å². The summed E-state index contributed by atoms with van der Waals surface area (Å²) >= 11 is 0. The normalized spacial score (nSPS) is 16.4. The van der Waals surface area contributed by atoms with Crippen LogP contribution in [0.4, 0.5) is 9.59 Å². The van der Waals surface area contributed by atoms with E-state index in [2.05, 4.69) is 0 Å². The van der Waals surface area contributed by atoms with Gasteiger partial charge in [0.1, 0.15) is 0 Å². The van der Waals surface area contributed by atoms with E-state index in [1.807, 2.05) is 0 Å². The summed E-state index contributed by atoms with van der Waals surface area (Å²) < 4.78 is 41.1. The van der Waals surface area contributed by atoms with Gasteiger partial charge in [0, 0.05) is 6.66 Å². The van der Waals surface area contributed by atoms with E-state index in [0.29, 0.717) is 0 Å². The van der Waals surface area contributed by atoms with E-state index in [-0.39, 0.29) is 12.2 Å². The summed E-state index contributed by atoms with van der Waals surface area (Å²) in [7, 11) is -3.65. The second-order valence-corrected chi connectivity index (χ2v) is 7.15. The molecule has 0 amide bonds. The van der Waals surface area contributed by atoms with Crippen molar-refractivity contribution in [3.05, 3.63) is 0 Å². The van der Waals surface area contributed by atoms with E-state index in [1.165, 1.54) is 13.8 Å². The Kier molecular flexibility index (Phi) is 9.19. The fourth-order valence-electron chi connectivity index (χ4n) is 1.32. The molecule has 0 aliphatic heterocycles. The Morgan fingerprint density at radius 3 is 1.26 bits per heavy atom. The molecule has 23 heavy (non-hydrogen) atoms. The maximum atomic E-state index is 12.1. The highest BCUT2D eigenvalue weighted by Gasteiger charge is 2.28. The van der Waals surface area contributed by atoms with Crippen LogP contribution in [-0.2, 0) is 32.6 Å². The fourth-order valence-corrected chi connectivity index (χ4v) is 2.53. The first-order chi connectivity index (χ1) is 10.4. The number of ether oxygens (including phenoxy) is 4. The smallest absolute Gasteiger partial charge is 0.432 e. The SMILES string of the molecule is CC(C)OC(=O)OC(C)OP(C)(=O)OC(C)OC(=O)OC(C)C. The second-order valence-electron chi connectivity index (χ2n) is 5.19. The van der Waals surface area contributed by atoms with Crippen molar-refractivity contribution in [3.63, 3.8) is 0 Å². The summed E-state index contributed by atoms with van der Waals surface area (Å²) in [5.74, 6) is 0. The Bertz CT molecular complexity index is 399. The van der Waals surface area contributed by atoms with Crippen LogP contribution in [0.3, 0.4) is 0 Å². The van der Waals surface area contributed by atoms with Gasteiger partial charge in [0.05, 0.1) is 12.2 Å². The number of hydrogen-bond donors (Lipinski definition) is 0. The van der Waals surface area contributed by atoms with Crippen molar-refractivity contribution in [2.24, 2.45) is 0 Å². The minimum atomic E-state index is -3.65. The Morgan fingerprint density at radius 2 is 1.00 bits per heavy atom.